The number of benzene rings is 1. The zero-order valence-electron chi connectivity index (χ0n) is 17.8. The third kappa shape index (κ3) is 4.42. The first-order valence-corrected chi connectivity index (χ1v) is 11.0. The van der Waals surface area contributed by atoms with Crippen molar-refractivity contribution in [2.45, 2.75) is 25.4 Å². The standard InChI is InChI=1S/C25H23F3N4O/c26-25(27,28)23-13-22(19-2-1-11-29-14-19)31-32(23)21-9-7-18(8-10-21)24(33)30-15-20-12-16-3-5-17(20)6-4-16/h1-3,5,7-11,13-14,16-17,20H,4,6,12,15H2,(H,30,33). The van der Waals surface area contributed by atoms with Gasteiger partial charge in [-0.2, -0.15) is 18.3 Å². The molecule has 3 aliphatic carbocycles. The van der Waals surface area contributed by atoms with E-state index >= 15 is 0 Å². The molecule has 8 heteroatoms. The van der Waals surface area contributed by atoms with E-state index in [0.29, 0.717) is 35.4 Å². The van der Waals surface area contributed by atoms with E-state index in [1.807, 2.05) is 0 Å². The molecule has 2 heterocycles. The van der Waals surface area contributed by atoms with Crippen LogP contribution in [0, 0.1) is 17.8 Å². The van der Waals surface area contributed by atoms with Gasteiger partial charge in [-0.25, -0.2) is 4.68 Å². The van der Waals surface area contributed by atoms with Crippen LogP contribution < -0.4 is 5.32 Å². The monoisotopic (exact) mass is 452 g/mol. The highest BCUT2D eigenvalue weighted by Crippen LogP contribution is 2.40. The molecule has 6 rings (SSSR count). The summed E-state index contributed by atoms with van der Waals surface area (Å²) in [5, 5.41) is 7.15. The zero-order valence-corrected chi connectivity index (χ0v) is 17.8. The molecule has 5 nitrogen and oxygen atoms in total. The lowest BCUT2D eigenvalue weighted by Gasteiger charge is -2.38. The van der Waals surface area contributed by atoms with Crippen LogP contribution in [-0.4, -0.2) is 27.2 Å². The Kier molecular flexibility index (Phi) is 5.52. The van der Waals surface area contributed by atoms with Gasteiger partial charge in [0.2, 0.25) is 0 Å². The number of nitrogens with zero attached hydrogens (tertiary/aromatic N) is 3. The predicted molar refractivity (Wildman–Crippen MR) is 118 cm³/mol. The molecule has 0 aliphatic heterocycles. The van der Waals surface area contributed by atoms with E-state index in [9.17, 15) is 18.0 Å². The van der Waals surface area contributed by atoms with Crippen molar-refractivity contribution in [2.75, 3.05) is 6.54 Å². The van der Waals surface area contributed by atoms with Crippen LogP contribution in [-0.2, 0) is 6.18 Å². The normalized spacial score (nSPS) is 21.8. The summed E-state index contributed by atoms with van der Waals surface area (Å²) in [7, 11) is 0. The average Bonchev–Trinajstić information content (AvgIpc) is 3.30. The molecule has 170 valence electrons. The minimum absolute atomic E-state index is 0.174. The van der Waals surface area contributed by atoms with Crippen LogP contribution in [0.25, 0.3) is 16.9 Å². The highest BCUT2D eigenvalue weighted by Gasteiger charge is 2.36. The number of amides is 1. The number of fused-ring (bicyclic) bond motifs is 2. The maximum atomic E-state index is 13.7. The number of carbonyl (C=O) groups excluding carboxylic acids is 1. The first-order chi connectivity index (χ1) is 15.9. The van der Waals surface area contributed by atoms with Crippen LogP contribution in [0.4, 0.5) is 13.2 Å². The van der Waals surface area contributed by atoms with Crippen LogP contribution in [0.3, 0.4) is 0 Å². The van der Waals surface area contributed by atoms with Crippen molar-refractivity contribution < 1.29 is 18.0 Å². The van der Waals surface area contributed by atoms with Crippen LogP contribution in [0.5, 0.6) is 0 Å². The molecule has 0 radical (unpaired) electrons. The minimum atomic E-state index is -4.59. The molecule has 1 aromatic carbocycles. The Bertz CT molecular complexity index is 1170. The Labute approximate surface area is 189 Å². The first kappa shape index (κ1) is 21.4. The maximum Gasteiger partial charge on any atom is 0.433 e. The first-order valence-electron chi connectivity index (χ1n) is 11.0. The van der Waals surface area contributed by atoms with Crippen molar-refractivity contribution in [1.29, 1.82) is 0 Å². The fourth-order valence-electron chi connectivity index (χ4n) is 4.80. The highest BCUT2D eigenvalue weighted by molar-refractivity contribution is 5.94. The molecular weight excluding hydrogens is 429 g/mol. The second-order valence-corrected chi connectivity index (χ2v) is 8.70. The van der Waals surface area contributed by atoms with E-state index in [0.717, 1.165) is 17.2 Å². The van der Waals surface area contributed by atoms with Gasteiger partial charge in [0.25, 0.3) is 5.91 Å². The number of carbonyl (C=O) groups is 1. The molecule has 0 spiro atoms. The molecular formula is C25H23F3N4O. The lowest BCUT2D eigenvalue weighted by molar-refractivity contribution is -0.142. The second kappa shape index (κ2) is 8.50. The van der Waals surface area contributed by atoms with Crippen molar-refractivity contribution in [1.82, 2.24) is 20.1 Å². The fourth-order valence-corrected chi connectivity index (χ4v) is 4.80. The summed E-state index contributed by atoms with van der Waals surface area (Å²) in [6.07, 6.45) is 6.47. The van der Waals surface area contributed by atoms with Crippen LogP contribution in [0.2, 0.25) is 0 Å². The summed E-state index contributed by atoms with van der Waals surface area (Å²) >= 11 is 0. The lowest BCUT2D eigenvalue weighted by atomic mass is 9.69. The second-order valence-electron chi connectivity index (χ2n) is 8.70. The number of halogens is 3. The van der Waals surface area contributed by atoms with E-state index in [2.05, 4.69) is 27.6 Å². The van der Waals surface area contributed by atoms with Crippen LogP contribution >= 0.6 is 0 Å². The molecule has 1 fully saturated rings. The summed E-state index contributed by atoms with van der Waals surface area (Å²) in [5.41, 5.74) is 0.406. The number of alkyl halides is 3. The number of pyridine rings is 1. The topological polar surface area (TPSA) is 59.8 Å². The van der Waals surface area contributed by atoms with Crippen molar-refractivity contribution in [3.05, 3.63) is 78.3 Å². The van der Waals surface area contributed by atoms with Crippen molar-refractivity contribution >= 4 is 5.91 Å². The van der Waals surface area contributed by atoms with Gasteiger partial charge < -0.3 is 5.32 Å². The van der Waals surface area contributed by atoms with Gasteiger partial charge >= 0.3 is 6.18 Å². The molecule has 3 aliphatic rings. The predicted octanol–water partition coefficient (Wildman–Crippen LogP) is 5.29. The Morgan fingerprint density at radius 2 is 1.94 bits per heavy atom. The van der Waals surface area contributed by atoms with Crippen LogP contribution in [0.1, 0.15) is 35.3 Å². The number of allylic oxidation sites excluding steroid dienone is 2. The number of nitrogens with one attached hydrogen (secondary N) is 1. The highest BCUT2D eigenvalue weighted by atomic mass is 19.4. The largest absolute Gasteiger partial charge is 0.433 e. The summed E-state index contributed by atoms with van der Waals surface area (Å²) in [5.74, 6) is 1.36. The van der Waals surface area contributed by atoms with Gasteiger partial charge in [-0.3, -0.25) is 9.78 Å². The molecule has 2 bridgehead atoms. The Morgan fingerprint density at radius 3 is 2.55 bits per heavy atom. The van der Waals surface area contributed by atoms with Gasteiger partial charge in [0.1, 0.15) is 5.69 Å². The summed E-state index contributed by atoms with van der Waals surface area (Å²) < 4.78 is 41.9. The van der Waals surface area contributed by atoms with E-state index in [-0.39, 0.29) is 17.3 Å². The summed E-state index contributed by atoms with van der Waals surface area (Å²) in [4.78, 5) is 16.6. The third-order valence-electron chi connectivity index (χ3n) is 6.57. The van der Waals surface area contributed by atoms with E-state index in [1.54, 1.807) is 18.3 Å². The molecule has 33 heavy (non-hydrogen) atoms. The van der Waals surface area contributed by atoms with E-state index < -0.39 is 11.9 Å². The van der Waals surface area contributed by atoms with Gasteiger partial charge in [0.15, 0.2) is 0 Å². The van der Waals surface area contributed by atoms with E-state index in [4.69, 9.17) is 0 Å². The fraction of sp³-hybridized carbons (Fsp3) is 0.320. The Morgan fingerprint density at radius 1 is 1.12 bits per heavy atom. The van der Waals surface area contributed by atoms with Gasteiger partial charge in [-0.15, -0.1) is 0 Å². The average molecular weight is 452 g/mol. The SMILES string of the molecule is O=C(NCC1CC2C=CC1CC2)c1ccc(-n2nc(-c3cccnc3)cc2C(F)(F)F)cc1. The quantitative estimate of drug-likeness (QED) is 0.536. The van der Waals surface area contributed by atoms with Crippen molar-refractivity contribution in [3.8, 4) is 16.9 Å². The molecule has 1 saturated carbocycles. The Hall–Kier alpha value is -3.42. The van der Waals surface area contributed by atoms with Gasteiger partial charge in [-0.05, 0) is 79.5 Å². The van der Waals surface area contributed by atoms with Gasteiger partial charge in [0, 0.05) is 30.1 Å². The van der Waals surface area contributed by atoms with E-state index in [1.165, 1.54) is 43.3 Å². The maximum absolute atomic E-state index is 13.7. The van der Waals surface area contributed by atoms with Gasteiger partial charge in [-0.1, -0.05) is 12.2 Å². The number of hydrogen-bond donors (Lipinski definition) is 1. The molecule has 2 aromatic heterocycles. The van der Waals surface area contributed by atoms with Crippen molar-refractivity contribution in [2.24, 2.45) is 17.8 Å². The Balaban J connectivity index is 1.33. The number of hydrogen-bond acceptors (Lipinski definition) is 3. The van der Waals surface area contributed by atoms with Gasteiger partial charge in [0.05, 0.1) is 11.4 Å². The minimum Gasteiger partial charge on any atom is -0.352 e. The molecule has 3 unspecified atom stereocenters. The van der Waals surface area contributed by atoms with Crippen LogP contribution in [0.15, 0.2) is 67.0 Å². The molecule has 0 saturated heterocycles. The van der Waals surface area contributed by atoms with Crippen molar-refractivity contribution in [3.63, 3.8) is 0 Å². The smallest absolute Gasteiger partial charge is 0.352 e. The molecule has 3 aromatic rings. The molecule has 3 atom stereocenters. The molecule has 1 N–H and O–H groups in total. The molecule has 1 amide bonds. The number of aromatic nitrogens is 3. The number of rotatable bonds is 5. The zero-order chi connectivity index (χ0) is 23.0. The third-order valence-corrected chi connectivity index (χ3v) is 6.57. The lowest BCUT2D eigenvalue weighted by Crippen LogP contribution is -2.37. The summed E-state index contributed by atoms with van der Waals surface area (Å²) in [6, 6.07) is 10.3. The summed E-state index contributed by atoms with van der Waals surface area (Å²) in [6.45, 7) is 0.609.